The fourth-order valence-corrected chi connectivity index (χ4v) is 6.24. The number of aryl methyl sites for hydroxylation is 1. The van der Waals surface area contributed by atoms with E-state index in [1.165, 1.54) is 12.1 Å². The number of ether oxygens (including phenoxy) is 2. The highest BCUT2D eigenvalue weighted by Crippen LogP contribution is 2.33. The van der Waals surface area contributed by atoms with Gasteiger partial charge in [-0.25, -0.2) is 12.7 Å². The normalized spacial score (nSPS) is 20.7. The van der Waals surface area contributed by atoms with Crippen molar-refractivity contribution in [3.05, 3.63) is 53.6 Å². The average Bonchev–Trinajstić information content (AvgIpc) is 3.46. The summed E-state index contributed by atoms with van der Waals surface area (Å²) in [4.78, 5) is 29.8. The van der Waals surface area contributed by atoms with Crippen LogP contribution in [0.5, 0.6) is 11.5 Å². The summed E-state index contributed by atoms with van der Waals surface area (Å²) in [5.74, 6) is 0.659. The Morgan fingerprint density at radius 2 is 1.71 bits per heavy atom. The second-order valence-electron chi connectivity index (χ2n) is 8.85. The number of nitrogens with zero attached hydrogens (tertiary/aromatic N) is 3. The molecule has 10 heteroatoms. The lowest BCUT2D eigenvalue weighted by atomic mass is 10.1. The molecule has 0 bridgehead atoms. The van der Waals surface area contributed by atoms with Gasteiger partial charge in [0.15, 0.2) is 11.5 Å². The Kier molecular flexibility index (Phi) is 5.95. The molecule has 0 spiro atoms. The van der Waals surface area contributed by atoms with Crippen molar-refractivity contribution in [1.82, 2.24) is 14.1 Å². The third-order valence-electron chi connectivity index (χ3n) is 6.55. The fourth-order valence-electron chi connectivity index (χ4n) is 4.65. The lowest BCUT2D eigenvalue weighted by molar-refractivity contribution is -0.139. The van der Waals surface area contributed by atoms with Crippen molar-refractivity contribution < 1.29 is 27.5 Å². The van der Waals surface area contributed by atoms with E-state index in [0.29, 0.717) is 32.7 Å². The minimum Gasteiger partial charge on any atom is -0.454 e. The summed E-state index contributed by atoms with van der Waals surface area (Å²) in [5, 5.41) is 0. The van der Waals surface area contributed by atoms with Crippen LogP contribution in [0.4, 0.5) is 0 Å². The molecule has 3 aliphatic heterocycles. The zero-order chi connectivity index (χ0) is 23.9. The zero-order valence-electron chi connectivity index (χ0n) is 19.0. The number of sulfonamides is 1. The fraction of sp³-hybridized carbons (Fsp3) is 0.417. The van der Waals surface area contributed by atoms with Crippen molar-refractivity contribution in [1.29, 1.82) is 0 Å². The topological polar surface area (TPSA) is 96.5 Å². The van der Waals surface area contributed by atoms with Gasteiger partial charge in [0.1, 0.15) is 6.04 Å². The van der Waals surface area contributed by atoms with Gasteiger partial charge < -0.3 is 14.4 Å². The molecule has 34 heavy (non-hydrogen) atoms. The Morgan fingerprint density at radius 1 is 1.00 bits per heavy atom. The molecule has 1 atom stereocenters. The summed E-state index contributed by atoms with van der Waals surface area (Å²) in [6.45, 7) is 5.08. The molecule has 2 fully saturated rings. The lowest BCUT2D eigenvalue weighted by Crippen LogP contribution is -2.54. The number of benzene rings is 2. The van der Waals surface area contributed by atoms with E-state index in [4.69, 9.17) is 9.47 Å². The molecule has 2 aromatic rings. The van der Waals surface area contributed by atoms with Crippen LogP contribution in [0.3, 0.4) is 0 Å². The van der Waals surface area contributed by atoms with E-state index in [1.54, 1.807) is 17.0 Å². The summed E-state index contributed by atoms with van der Waals surface area (Å²) in [6.07, 6.45) is 0.256. The molecule has 9 nitrogen and oxygen atoms in total. The van der Waals surface area contributed by atoms with Gasteiger partial charge in [0.05, 0.1) is 4.90 Å². The summed E-state index contributed by atoms with van der Waals surface area (Å²) >= 11 is 0. The molecule has 2 amide bonds. The summed E-state index contributed by atoms with van der Waals surface area (Å²) < 4.78 is 38.0. The predicted octanol–water partition coefficient (Wildman–Crippen LogP) is 1.75. The second kappa shape index (κ2) is 8.92. The van der Waals surface area contributed by atoms with Gasteiger partial charge in [0, 0.05) is 39.1 Å². The molecule has 5 rings (SSSR count). The Morgan fingerprint density at radius 3 is 2.44 bits per heavy atom. The molecule has 2 aromatic carbocycles. The summed E-state index contributed by atoms with van der Waals surface area (Å²) in [7, 11) is -4.09. The maximum absolute atomic E-state index is 13.3. The maximum atomic E-state index is 13.3. The van der Waals surface area contributed by atoms with Crippen LogP contribution in [0, 0.1) is 6.92 Å². The van der Waals surface area contributed by atoms with Crippen molar-refractivity contribution in [2.45, 2.75) is 37.2 Å². The predicted molar refractivity (Wildman–Crippen MR) is 123 cm³/mol. The van der Waals surface area contributed by atoms with E-state index in [9.17, 15) is 18.0 Å². The summed E-state index contributed by atoms with van der Waals surface area (Å²) in [5.41, 5.74) is 2.01. The first kappa shape index (κ1) is 22.7. The monoisotopic (exact) mass is 485 g/mol. The van der Waals surface area contributed by atoms with Crippen LogP contribution in [0.25, 0.3) is 0 Å². The van der Waals surface area contributed by atoms with Crippen molar-refractivity contribution in [2.75, 3.05) is 33.0 Å². The van der Waals surface area contributed by atoms with Crippen LogP contribution in [-0.4, -0.2) is 73.4 Å². The van der Waals surface area contributed by atoms with Crippen molar-refractivity contribution in [3.8, 4) is 11.5 Å². The van der Waals surface area contributed by atoms with Gasteiger partial charge in [-0.05, 0) is 43.2 Å². The highest BCUT2D eigenvalue weighted by Gasteiger charge is 2.45. The smallest absolute Gasteiger partial charge is 0.267 e. The molecule has 0 aromatic heterocycles. The molecule has 3 heterocycles. The number of carbonyl (C=O) groups excluding carboxylic acids is 2. The number of piperazine rings is 1. The minimum atomic E-state index is -4.09. The van der Waals surface area contributed by atoms with E-state index >= 15 is 0 Å². The zero-order valence-corrected chi connectivity index (χ0v) is 19.8. The van der Waals surface area contributed by atoms with Gasteiger partial charge in [0.2, 0.25) is 18.6 Å². The highest BCUT2D eigenvalue weighted by atomic mass is 32.2. The molecule has 0 saturated carbocycles. The molecule has 0 N–H and O–H groups in total. The minimum absolute atomic E-state index is 0.0275. The Labute approximate surface area is 198 Å². The lowest BCUT2D eigenvalue weighted by Gasteiger charge is -2.37. The number of fused-ring (bicyclic) bond motifs is 1. The van der Waals surface area contributed by atoms with Gasteiger partial charge in [-0.3, -0.25) is 14.5 Å². The van der Waals surface area contributed by atoms with Gasteiger partial charge in [0.25, 0.3) is 10.0 Å². The molecule has 0 radical (unpaired) electrons. The number of amides is 2. The summed E-state index contributed by atoms with van der Waals surface area (Å²) in [6, 6.07) is 11.2. The first-order valence-electron chi connectivity index (χ1n) is 11.4. The van der Waals surface area contributed by atoms with Crippen molar-refractivity contribution in [2.24, 2.45) is 0 Å². The Hall–Kier alpha value is -3.11. The molecule has 0 unspecified atom stereocenters. The van der Waals surface area contributed by atoms with Crippen LogP contribution in [-0.2, 0) is 26.2 Å². The van der Waals surface area contributed by atoms with E-state index in [2.05, 4.69) is 4.90 Å². The molecule has 3 aliphatic rings. The van der Waals surface area contributed by atoms with Crippen molar-refractivity contribution in [3.63, 3.8) is 0 Å². The highest BCUT2D eigenvalue weighted by molar-refractivity contribution is 7.89. The Bertz CT molecular complexity index is 1210. The molecule has 2 saturated heterocycles. The molecular formula is C24H27N3O6S. The SMILES string of the molecule is Cc1ccc(S(=O)(=O)N2C(=O)CC[C@@H]2C(=O)N2CCN(Cc3ccc4c(c3)OCO4)CC2)cc1. The standard InChI is InChI=1S/C24H27N3O6S/c1-17-2-5-19(6-3-17)34(30,31)27-20(7-9-23(27)28)24(29)26-12-10-25(11-13-26)15-18-4-8-21-22(14-18)33-16-32-21/h2-6,8,14,20H,7,9-13,15-16H2,1H3/t20-/m1/s1. The van der Waals surface area contributed by atoms with Crippen LogP contribution in [0.1, 0.15) is 24.0 Å². The number of hydrogen-bond acceptors (Lipinski definition) is 7. The van der Waals surface area contributed by atoms with Crippen LogP contribution >= 0.6 is 0 Å². The molecule has 0 aliphatic carbocycles. The second-order valence-corrected chi connectivity index (χ2v) is 10.7. The van der Waals surface area contributed by atoms with Crippen LogP contribution in [0.15, 0.2) is 47.4 Å². The number of carbonyl (C=O) groups is 2. The molecular weight excluding hydrogens is 458 g/mol. The van der Waals surface area contributed by atoms with Crippen LogP contribution < -0.4 is 9.47 Å². The third kappa shape index (κ3) is 4.23. The van der Waals surface area contributed by atoms with E-state index in [-0.39, 0.29) is 30.4 Å². The quantitative estimate of drug-likeness (QED) is 0.637. The third-order valence-corrected chi connectivity index (χ3v) is 8.39. The van der Waals surface area contributed by atoms with Gasteiger partial charge in [-0.2, -0.15) is 0 Å². The van der Waals surface area contributed by atoms with E-state index in [1.807, 2.05) is 25.1 Å². The van der Waals surface area contributed by atoms with Gasteiger partial charge in [-0.1, -0.05) is 23.8 Å². The van der Waals surface area contributed by atoms with Gasteiger partial charge >= 0.3 is 0 Å². The average molecular weight is 486 g/mol. The number of hydrogen-bond donors (Lipinski definition) is 0. The first-order valence-corrected chi connectivity index (χ1v) is 12.8. The van der Waals surface area contributed by atoms with Crippen molar-refractivity contribution >= 4 is 21.8 Å². The van der Waals surface area contributed by atoms with E-state index < -0.39 is 22.0 Å². The largest absolute Gasteiger partial charge is 0.454 e. The van der Waals surface area contributed by atoms with Crippen LogP contribution in [0.2, 0.25) is 0 Å². The number of rotatable bonds is 5. The van der Waals surface area contributed by atoms with E-state index in [0.717, 1.165) is 26.9 Å². The maximum Gasteiger partial charge on any atom is 0.267 e. The first-order chi connectivity index (χ1) is 16.3. The Balaban J connectivity index is 1.24. The molecule has 180 valence electrons. The van der Waals surface area contributed by atoms with Gasteiger partial charge in [-0.15, -0.1) is 0 Å².